The molecule has 9 heteroatoms. The quantitative estimate of drug-likeness (QED) is 0.137. The summed E-state index contributed by atoms with van der Waals surface area (Å²) in [6.07, 6.45) is 0. The van der Waals surface area contributed by atoms with Crippen molar-refractivity contribution >= 4 is 22.9 Å². The van der Waals surface area contributed by atoms with E-state index in [4.69, 9.17) is 11.7 Å². The molecule has 0 rings (SSSR count). The van der Waals surface area contributed by atoms with Crippen LogP contribution in [-0.2, 0) is 0 Å². The molecule has 0 unspecified atom stereocenters. The summed E-state index contributed by atoms with van der Waals surface area (Å²) < 4.78 is 2.11. The highest BCUT2D eigenvalue weighted by molar-refractivity contribution is 14.1. The molecule has 8 nitrogen and oxygen atoms in total. The highest BCUT2D eigenvalue weighted by Crippen LogP contribution is 1.96. The Labute approximate surface area is 103 Å². The number of nitrogens with zero attached hydrogens (tertiary/aromatic N) is 5. The predicted molar refractivity (Wildman–Crippen MR) is 66.3 cm³/mol. The van der Waals surface area contributed by atoms with Crippen LogP contribution in [0.3, 0.4) is 0 Å². The van der Waals surface area contributed by atoms with E-state index in [2.05, 4.69) is 52.0 Å². The summed E-state index contributed by atoms with van der Waals surface area (Å²) in [5.74, 6) is 9.73. The number of halogens is 1. The topological polar surface area (TPSA) is 117 Å². The van der Waals surface area contributed by atoms with Crippen molar-refractivity contribution in [2.24, 2.45) is 32.4 Å². The highest BCUT2D eigenvalue weighted by atomic mass is 127. The molecule has 15 heavy (non-hydrogen) atoms. The molecule has 0 bridgehead atoms. The minimum absolute atomic E-state index is 0.610. The lowest BCUT2D eigenvalue weighted by atomic mass is 10.5. The van der Waals surface area contributed by atoms with Gasteiger partial charge in [-0.05, 0) is 0 Å². The number of nitrogens with two attached hydrogens (primary N) is 2. The first-order valence-electron chi connectivity index (χ1n) is 4.56. The number of nitrogens with one attached hydrogen (secondary N) is 1. The van der Waals surface area contributed by atoms with Crippen LogP contribution in [-0.4, -0.2) is 42.4 Å². The fourth-order valence-corrected chi connectivity index (χ4v) is 1.29. The normalized spacial score (nSPS) is 12.1. The molecule has 0 aliphatic carbocycles. The van der Waals surface area contributed by atoms with Crippen molar-refractivity contribution in [1.82, 2.24) is 8.43 Å². The lowest BCUT2D eigenvalue weighted by molar-refractivity contribution is 0.494. The average molecular weight is 328 g/mol. The van der Waals surface area contributed by atoms with E-state index in [1.54, 1.807) is 0 Å². The van der Waals surface area contributed by atoms with Crippen LogP contribution in [0, 0.1) is 0 Å². The predicted octanol–water partition coefficient (Wildman–Crippen LogP) is -0.120. The van der Waals surface area contributed by atoms with Crippen LogP contribution in [0.4, 0.5) is 0 Å². The lowest BCUT2D eigenvalue weighted by Gasteiger charge is -2.12. The highest BCUT2D eigenvalue weighted by Gasteiger charge is 1.97. The van der Waals surface area contributed by atoms with Crippen LogP contribution in [0.25, 0.3) is 0 Å². The van der Waals surface area contributed by atoms with Crippen molar-refractivity contribution in [3.8, 4) is 0 Å². The minimum Gasteiger partial charge on any atom is -0.314 e. The molecule has 0 aromatic heterocycles. The second kappa shape index (κ2) is 11.5. The molecule has 88 valence electrons. The smallest absolute Gasteiger partial charge is 0.0755 e. The van der Waals surface area contributed by atoms with Gasteiger partial charge in [-0.1, -0.05) is 10.4 Å². The third-order valence-corrected chi connectivity index (χ3v) is 2.49. The molecule has 0 aromatic rings. The molecule has 0 saturated carbocycles. The molecule has 0 aromatic carbocycles. The Morgan fingerprint density at radius 1 is 1.00 bits per heavy atom. The summed E-state index contributed by atoms with van der Waals surface area (Å²) in [6, 6.07) is 0. The fourth-order valence-electron chi connectivity index (χ4n) is 0.835. The molecule has 0 spiro atoms. The van der Waals surface area contributed by atoms with Crippen molar-refractivity contribution in [2.75, 3.05) is 39.3 Å². The minimum atomic E-state index is 0.610. The van der Waals surface area contributed by atoms with Crippen molar-refractivity contribution in [1.29, 1.82) is 0 Å². The first kappa shape index (κ1) is 14.5. The van der Waals surface area contributed by atoms with Crippen LogP contribution < -0.4 is 17.0 Å². The molecule has 0 saturated heterocycles. The van der Waals surface area contributed by atoms with Gasteiger partial charge in [-0.15, -0.1) is 0 Å². The van der Waals surface area contributed by atoms with Gasteiger partial charge in [0.2, 0.25) is 0 Å². The van der Waals surface area contributed by atoms with E-state index in [9.17, 15) is 0 Å². The van der Waals surface area contributed by atoms with Crippen molar-refractivity contribution in [3.05, 3.63) is 0 Å². The molecular weight excluding hydrogens is 311 g/mol. The summed E-state index contributed by atoms with van der Waals surface area (Å²) in [4.78, 5) is 0. The van der Waals surface area contributed by atoms with Gasteiger partial charge in [0, 0.05) is 49.0 Å². The SMILES string of the molecule is NN=NCCNCCN(I)CCN=NN. The number of rotatable bonds is 9. The number of hydrogen-bond donors (Lipinski definition) is 3. The molecule has 0 amide bonds. The van der Waals surface area contributed by atoms with Gasteiger partial charge in [-0.3, -0.25) is 0 Å². The first-order chi connectivity index (χ1) is 7.31. The van der Waals surface area contributed by atoms with Crippen molar-refractivity contribution < 1.29 is 0 Å². The Balaban J connectivity index is 3.19. The van der Waals surface area contributed by atoms with E-state index in [0.29, 0.717) is 13.1 Å². The van der Waals surface area contributed by atoms with Crippen LogP contribution in [0.2, 0.25) is 0 Å². The Morgan fingerprint density at radius 3 is 2.33 bits per heavy atom. The maximum absolute atomic E-state index is 4.88. The van der Waals surface area contributed by atoms with Gasteiger partial charge < -0.3 is 17.0 Å². The molecule has 0 heterocycles. The Hall–Kier alpha value is -0.550. The third-order valence-electron chi connectivity index (χ3n) is 1.53. The maximum Gasteiger partial charge on any atom is 0.0755 e. The van der Waals surface area contributed by atoms with E-state index in [1.807, 2.05) is 0 Å². The van der Waals surface area contributed by atoms with Crippen LogP contribution in [0.15, 0.2) is 20.7 Å². The summed E-state index contributed by atoms with van der Waals surface area (Å²) in [7, 11) is 0. The Kier molecular flexibility index (Phi) is 11.1. The summed E-state index contributed by atoms with van der Waals surface area (Å²) in [5.41, 5.74) is 0. The van der Waals surface area contributed by atoms with Gasteiger partial charge in [-0.2, -0.15) is 10.2 Å². The van der Waals surface area contributed by atoms with E-state index < -0.39 is 0 Å². The van der Waals surface area contributed by atoms with Gasteiger partial charge in [0.1, 0.15) is 0 Å². The van der Waals surface area contributed by atoms with E-state index >= 15 is 0 Å². The zero-order valence-corrected chi connectivity index (χ0v) is 10.7. The second-order valence-electron chi connectivity index (χ2n) is 2.62. The van der Waals surface area contributed by atoms with Gasteiger partial charge in [0.25, 0.3) is 0 Å². The van der Waals surface area contributed by atoms with Crippen molar-refractivity contribution in [2.45, 2.75) is 0 Å². The van der Waals surface area contributed by atoms with E-state index in [-0.39, 0.29) is 0 Å². The molecule has 0 atom stereocenters. The summed E-state index contributed by atoms with van der Waals surface area (Å²) in [5, 5.41) is 16.9. The zero-order valence-electron chi connectivity index (χ0n) is 8.51. The lowest BCUT2D eigenvalue weighted by Crippen LogP contribution is -2.28. The van der Waals surface area contributed by atoms with Crippen molar-refractivity contribution in [3.63, 3.8) is 0 Å². The van der Waals surface area contributed by atoms with Crippen LogP contribution in [0.1, 0.15) is 0 Å². The molecule has 0 aliphatic heterocycles. The van der Waals surface area contributed by atoms with Crippen LogP contribution >= 0.6 is 22.9 Å². The molecule has 0 aliphatic rings. The van der Waals surface area contributed by atoms with E-state index in [0.717, 1.165) is 26.2 Å². The molecule has 0 radical (unpaired) electrons. The van der Waals surface area contributed by atoms with E-state index in [1.165, 1.54) is 0 Å². The zero-order chi connectivity index (χ0) is 11.4. The third kappa shape index (κ3) is 11.4. The summed E-state index contributed by atoms with van der Waals surface area (Å²) in [6.45, 7) is 4.68. The molecule has 5 N–H and O–H groups in total. The Bertz CT molecular complexity index is 184. The summed E-state index contributed by atoms with van der Waals surface area (Å²) >= 11 is 2.24. The molecule has 0 fully saturated rings. The van der Waals surface area contributed by atoms with Crippen LogP contribution in [0.5, 0.6) is 0 Å². The fraction of sp³-hybridized carbons (Fsp3) is 1.00. The monoisotopic (exact) mass is 328 g/mol. The number of hydrogen-bond acceptors (Lipinski definition) is 6. The average Bonchev–Trinajstić information content (AvgIpc) is 2.23. The standard InChI is InChI=1S/C6H17IN8/c7-15(6-4-12-14-9)5-3-10-1-2-11-13-8/h10H,1-6H2,(H2,8,11)(H2,9,12). The Morgan fingerprint density at radius 2 is 1.67 bits per heavy atom. The van der Waals surface area contributed by atoms with Gasteiger partial charge in [0.15, 0.2) is 0 Å². The largest absolute Gasteiger partial charge is 0.314 e. The van der Waals surface area contributed by atoms with Gasteiger partial charge in [0.05, 0.1) is 13.1 Å². The second-order valence-corrected chi connectivity index (χ2v) is 3.99. The van der Waals surface area contributed by atoms with Gasteiger partial charge in [-0.25, -0.2) is 3.11 Å². The maximum atomic E-state index is 4.88. The molecular formula is C6H17IN8. The first-order valence-corrected chi connectivity index (χ1v) is 5.52. The van der Waals surface area contributed by atoms with Gasteiger partial charge >= 0.3 is 0 Å².